The zero-order valence-corrected chi connectivity index (χ0v) is 15.5. The van der Waals surface area contributed by atoms with Crippen LogP contribution in [-0.4, -0.2) is 17.7 Å². The highest BCUT2D eigenvalue weighted by Crippen LogP contribution is 2.41. The van der Waals surface area contributed by atoms with Gasteiger partial charge in [-0.1, -0.05) is 48.5 Å². The summed E-state index contributed by atoms with van der Waals surface area (Å²) in [7, 11) is 0. The van der Waals surface area contributed by atoms with E-state index in [1.807, 2.05) is 72.8 Å². The minimum absolute atomic E-state index is 0.0454. The molecule has 3 aromatic carbocycles. The van der Waals surface area contributed by atoms with E-state index in [0.29, 0.717) is 23.6 Å². The van der Waals surface area contributed by atoms with Gasteiger partial charge in [-0.2, -0.15) is 0 Å². The molecule has 0 atom stereocenters. The van der Waals surface area contributed by atoms with Gasteiger partial charge < -0.3 is 14.4 Å². The Labute approximate surface area is 167 Å². The van der Waals surface area contributed by atoms with E-state index in [1.165, 1.54) is 0 Å². The molecule has 1 aromatic heterocycles. The predicted octanol–water partition coefficient (Wildman–Crippen LogP) is 4.79. The number of hydrogen-bond donors (Lipinski definition) is 0. The van der Waals surface area contributed by atoms with Crippen LogP contribution in [0.2, 0.25) is 0 Å². The first-order valence-electron chi connectivity index (χ1n) is 9.48. The first-order valence-corrected chi connectivity index (χ1v) is 9.48. The van der Waals surface area contributed by atoms with Crippen molar-refractivity contribution in [2.24, 2.45) is 0 Å². The minimum atomic E-state index is -0.0454. The molecule has 6 rings (SSSR count). The number of hydrogen-bond acceptors (Lipinski definition) is 4. The highest BCUT2D eigenvalue weighted by atomic mass is 16.7. The van der Waals surface area contributed by atoms with Gasteiger partial charge in [0.2, 0.25) is 6.79 Å². The molecule has 0 unspecified atom stereocenters. The van der Waals surface area contributed by atoms with E-state index >= 15 is 0 Å². The largest absolute Gasteiger partial charge is 0.454 e. The molecule has 29 heavy (non-hydrogen) atoms. The maximum atomic E-state index is 13.5. The number of rotatable bonds is 2. The van der Waals surface area contributed by atoms with Gasteiger partial charge in [0.25, 0.3) is 5.91 Å². The fraction of sp³-hybridized carbons (Fsp3) is 0.0833. The van der Waals surface area contributed by atoms with Crippen molar-refractivity contribution in [2.45, 2.75) is 6.54 Å². The summed E-state index contributed by atoms with van der Waals surface area (Å²) in [6.07, 6.45) is 0. The molecule has 0 aliphatic carbocycles. The van der Waals surface area contributed by atoms with E-state index in [-0.39, 0.29) is 12.7 Å². The van der Waals surface area contributed by atoms with Crippen molar-refractivity contribution in [3.05, 3.63) is 84.1 Å². The van der Waals surface area contributed by atoms with Crippen molar-refractivity contribution in [3.8, 4) is 22.6 Å². The maximum absolute atomic E-state index is 13.5. The average Bonchev–Trinajstić information content (AvgIpc) is 3.36. The van der Waals surface area contributed by atoms with Crippen LogP contribution < -0.4 is 14.4 Å². The molecule has 140 valence electrons. The Morgan fingerprint density at radius 2 is 1.62 bits per heavy atom. The molecule has 5 heteroatoms. The Kier molecular flexibility index (Phi) is 3.38. The van der Waals surface area contributed by atoms with Gasteiger partial charge in [0.15, 0.2) is 11.5 Å². The molecule has 0 spiro atoms. The average molecular weight is 380 g/mol. The topological polar surface area (TPSA) is 51.7 Å². The number of carbonyl (C=O) groups is 1. The van der Waals surface area contributed by atoms with Crippen LogP contribution in [0.1, 0.15) is 16.1 Å². The number of ether oxygens (including phenoxy) is 2. The van der Waals surface area contributed by atoms with Crippen molar-refractivity contribution < 1.29 is 14.3 Å². The van der Waals surface area contributed by atoms with Gasteiger partial charge in [-0.15, -0.1) is 0 Å². The molecule has 0 fully saturated rings. The molecule has 0 bridgehead atoms. The molecule has 5 nitrogen and oxygen atoms in total. The molecule has 1 amide bonds. The second kappa shape index (κ2) is 6.07. The number of aromatic nitrogens is 1. The van der Waals surface area contributed by atoms with Gasteiger partial charge in [0, 0.05) is 22.7 Å². The van der Waals surface area contributed by atoms with Crippen molar-refractivity contribution in [1.82, 2.24) is 4.98 Å². The second-order valence-electron chi connectivity index (χ2n) is 7.12. The van der Waals surface area contributed by atoms with E-state index in [9.17, 15) is 4.79 Å². The molecular formula is C24H16N2O3. The van der Waals surface area contributed by atoms with Crippen LogP contribution in [0.4, 0.5) is 5.69 Å². The Hall–Kier alpha value is -3.86. The Balaban J connectivity index is 1.55. The highest BCUT2D eigenvalue weighted by molar-refractivity contribution is 6.17. The summed E-state index contributed by atoms with van der Waals surface area (Å²) >= 11 is 0. The van der Waals surface area contributed by atoms with Crippen molar-refractivity contribution >= 4 is 22.5 Å². The number of pyridine rings is 1. The Bertz CT molecular complexity index is 1280. The number of amides is 1. The summed E-state index contributed by atoms with van der Waals surface area (Å²) in [5.41, 5.74) is 5.10. The SMILES string of the molecule is O=C1c2c(nc3ccccc3c2-c2ccccc2)CN1c1ccc2c(c1)OCO2. The fourth-order valence-corrected chi connectivity index (χ4v) is 4.13. The van der Waals surface area contributed by atoms with Gasteiger partial charge in [-0.3, -0.25) is 9.78 Å². The molecule has 0 saturated heterocycles. The van der Waals surface area contributed by atoms with Crippen molar-refractivity contribution in [3.63, 3.8) is 0 Å². The zero-order chi connectivity index (χ0) is 19.4. The lowest BCUT2D eigenvalue weighted by Crippen LogP contribution is -2.23. The summed E-state index contributed by atoms with van der Waals surface area (Å²) in [5.74, 6) is 1.32. The third-order valence-electron chi connectivity index (χ3n) is 5.46. The van der Waals surface area contributed by atoms with Crippen molar-refractivity contribution in [1.29, 1.82) is 0 Å². The molecule has 0 N–H and O–H groups in total. The van der Waals surface area contributed by atoms with E-state index in [4.69, 9.17) is 14.5 Å². The molecule has 4 aromatic rings. The lowest BCUT2D eigenvalue weighted by Gasteiger charge is -2.16. The van der Waals surface area contributed by atoms with Crippen molar-refractivity contribution in [2.75, 3.05) is 11.7 Å². The molecule has 0 radical (unpaired) electrons. The van der Waals surface area contributed by atoms with Crippen LogP contribution in [0, 0.1) is 0 Å². The molecule has 2 aliphatic heterocycles. The smallest absolute Gasteiger partial charge is 0.261 e. The molecule has 2 aliphatic rings. The summed E-state index contributed by atoms with van der Waals surface area (Å²) in [6.45, 7) is 0.635. The predicted molar refractivity (Wildman–Crippen MR) is 110 cm³/mol. The first kappa shape index (κ1) is 16.1. The van der Waals surface area contributed by atoms with Gasteiger partial charge in [-0.25, -0.2) is 0 Å². The monoisotopic (exact) mass is 380 g/mol. The summed E-state index contributed by atoms with van der Waals surface area (Å²) < 4.78 is 10.9. The summed E-state index contributed by atoms with van der Waals surface area (Å²) in [5, 5.41) is 0.985. The summed E-state index contributed by atoms with van der Waals surface area (Å²) in [4.78, 5) is 20.1. The van der Waals surface area contributed by atoms with Gasteiger partial charge in [0.1, 0.15) is 0 Å². The van der Waals surface area contributed by atoms with Crippen LogP contribution in [0.15, 0.2) is 72.8 Å². The quantitative estimate of drug-likeness (QED) is 0.502. The van der Waals surface area contributed by atoms with Gasteiger partial charge >= 0.3 is 0 Å². The second-order valence-corrected chi connectivity index (χ2v) is 7.12. The van der Waals surface area contributed by atoms with E-state index < -0.39 is 0 Å². The minimum Gasteiger partial charge on any atom is -0.454 e. The van der Waals surface area contributed by atoms with Crippen LogP contribution in [0.5, 0.6) is 11.5 Å². The summed E-state index contributed by atoms with van der Waals surface area (Å²) in [6, 6.07) is 23.6. The number of benzene rings is 3. The molecule has 3 heterocycles. The number of carbonyl (C=O) groups excluding carboxylic acids is 1. The Morgan fingerprint density at radius 3 is 2.52 bits per heavy atom. The lowest BCUT2D eigenvalue weighted by atomic mass is 9.95. The highest BCUT2D eigenvalue weighted by Gasteiger charge is 2.34. The Morgan fingerprint density at radius 1 is 0.828 bits per heavy atom. The molecule has 0 saturated carbocycles. The number of para-hydroxylation sites is 1. The third-order valence-corrected chi connectivity index (χ3v) is 5.46. The van der Waals surface area contributed by atoms with Crippen LogP contribution in [-0.2, 0) is 6.54 Å². The maximum Gasteiger partial charge on any atom is 0.261 e. The van der Waals surface area contributed by atoms with E-state index in [0.717, 1.165) is 33.4 Å². The lowest BCUT2D eigenvalue weighted by molar-refractivity contribution is 0.0997. The normalized spacial score (nSPS) is 14.5. The van der Waals surface area contributed by atoms with E-state index in [2.05, 4.69) is 0 Å². The fourth-order valence-electron chi connectivity index (χ4n) is 4.13. The standard InChI is InChI=1S/C24H16N2O3/c27-24-23-19(13-26(24)16-10-11-20-21(12-16)29-14-28-20)25-18-9-5-4-8-17(18)22(23)15-6-2-1-3-7-15/h1-12H,13-14H2. The zero-order valence-electron chi connectivity index (χ0n) is 15.5. The number of fused-ring (bicyclic) bond motifs is 3. The van der Waals surface area contributed by atoms with Crippen LogP contribution in [0.3, 0.4) is 0 Å². The van der Waals surface area contributed by atoms with Crippen LogP contribution in [0.25, 0.3) is 22.0 Å². The first-order chi connectivity index (χ1) is 14.3. The van der Waals surface area contributed by atoms with Gasteiger partial charge in [0.05, 0.1) is 23.3 Å². The van der Waals surface area contributed by atoms with Crippen LogP contribution >= 0.6 is 0 Å². The third kappa shape index (κ3) is 2.41. The van der Waals surface area contributed by atoms with E-state index in [1.54, 1.807) is 4.90 Å². The number of nitrogens with zero attached hydrogens (tertiary/aromatic N) is 2. The van der Waals surface area contributed by atoms with Gasteiger partial charge in [-0.05, 0) is 23.8 Å². The molecular weight excluding hydrogens is 364 g/mol. The number of anilines is 1.